The van der Waals surface area contributed by atoms with E-state index in [1.807, 2.05) is 25.2 Å². The van der Waals surface area contributed by atoms with E-state index >= 15 is 0 Å². The minimum Gasteiger partial charge on any atom is -0.398 e. The molecule has 0 aliphatic carbocycles. The van der Waals surface area contributed by atoms with Crippen molar-refractivity contribution in [3.8, 4) is 44.5 Å². The van der Waals surface area contributed by atoms with Gasteiger partial charge in [-0.1, -0.05) is 133 Å². The van der Waals surface area contributed by atoms with Crippen molar-refractivity contribution in [2.75, 3.05) is 0 Å². The van der Waals surface area contributed by atoms with E-state index in [0.29, 0.717) is 0 Å². The molecule has 8 aromatic rings. The standard InChI is InChI=1S/C46H35N/c1-3-4-15-44(47)34-18-16-33(17-19-34)42-29-43(41-23-21-36-25-30(2)24-35-20-22-40(42)46(41)45(35)36)39-27-37(31-11-7-5-8-12-31)26-38(28-39)32-13-9-6-10-14-32/h3-29H,47H2,1-2H3/b4-3-,44-15-. The van der Waals surface area contributed by atoms with Crippen LogP contribution in [0.2, 0.25) is 0 Å². The number of aryl methyl sites for hydroxylation is 1. The molecule has 1 nitrogen and oxygen atoms in total. The van der Waals surface area contributed by atoms with Gasteiger partial charge in [-0.25, -0.2) is 0 Å². The summed E-state index contributed by atoms with van der Waals surface area (Å²) in [6.07, 6.45) is 5.92. The molecule has 1 heteroatoms. The Hall–Kier alpha value is -5.92. The number of rotatable bonds is 6. The Bertz CT molecular complexity index is 2370. The van der Waals surface area contributed by atoms with Gasteiger partial charge in [0, 0.05) is 5.70 Å². The van der Waals surface area contributed by atoms with E-state index < -0.39 is 0 Å². The van der Waals surface area contributed by atoms with Gasteiger partial charge in [-0.3, -0.25) is 0 Å². The summed E-state index contributed by atoms with van der Waals surface area (Å²) in [5.41, 5.74) is 19.1. The third-order valence-electron chi connectivity index (χ3n) is 9.32. The van der Waals surface area contributed by atoms with Crippen molar-refractivity contribution in [1.82, 2.24) is 0 Å². The van der Waals surface area contributed by atoms with Gasteiger partial charge in [0.2, 0.25) is 0 Å². The molecule has 0 unspecified atom stereocenters. The van der Waals surface area contributed by atoms with E-state index in [-0.39, 0.29) is 0 Å². The predicted octanol–water partition coefficient (Wildman–Crippen LogP) is 12.4. The predicted molar refractivity (Wildman–Crippen MR) is 204 cm³/mol. The number of benzene rings is 8. The fourth-order valence-corrected chi connectivity index (χ4v) is 7.06. The lowest BCUT2D eigenvalue weighted by atomic mass is 9.84. The molecule has 0 fully saturated rings. The minimum absolute atomic E-state index is 0.757. The van der Waals surface area contributed by atoms with E-state index in [1.165, 1.54) is 82.4 Å². The van der Waals surface area contributed by atoms with E-state index in [1.54, 1.807) is 0 Å². The van der Waals surface area contributed by atoms with E-state index in [9.17, 15) is 0 Å². The molecule has 0 aliphatic heterocycles. The second kappa shape index (κ2) is 11.8. The highest BCUT2D eigenvalue weighted by atomic mass is 14.6. The largest absolute Gasteiger partial charge is 0.398 e. The second-order valence-electron chi connectivity index (χ2n) is 12.4. The first kappa shape index (κ1) is 28.5. The van der Waals surface area contributed by atoms with Crippen LogP contribution >= 0.6 is 0 Å². The number of allylic oxidation sites excluding steroid dienone is 3. The molecule has 0 spiro atoms. The Labute approximate surface area is 276 Å². The lowest BCUT2D eigenvalue weighted by Gasteiger charge is -2.20. The highest BCUT2D eigenvalue weighted by Gasteiger charge is 2.18. The van der Waals surface area contributed by atoms with Crippen LogP contribution in [0.3, 0.4) is 0 Å². The van der Waals surface area contributed by atoms with E-state index in [0.717, 1.165) is 11.3 Å². The summed E-state index contributed by atoms with van der Waals surface area (Å²) in [6, 6.07) is 53.4. The van der Waals surface area contributed by atoms with Gasteiger partial charge < -0.3 is 5.73 Å². The molecule has 0 saturated heterocycles. The van der Waals surface area contributed by atoms with Crippen molar-refractivity contribution in [3.63, 3.8) is 0 Å². The molecule has 0 heterocycles. The van der Waals surface area contributed by atoms with Crippen molar-refractivity contribution in [3.05, 3.63) is 175 Å². The van der Waals surface area contributed by atoms with Crippen LogP contribution in [0.4, 0.5) is 0 Å². The van der Waals surface area contributed by atoms with Crippen LogP contribution < -0.4 is 5.73 Å². The third-order valence-corrected chi connectivity index (χ3v) is 9.32. The van der Waals surface area contributed by atoms with Crippen LogP contribution in [-0.4, -0.2) is 0 Å². The Morgan fingerprint density at radius 1 is 0.489 bits per heavy atom. The highest BCUT2D eigenvalue weighted by molar-refractivity contribution is 6.28. The van der Waals surface area contributed by atoms with Gasteiger partial charge in [0.25, 0.3) is 0 Å². The molecule has 0 saturated carbocycles. The van der Waals surface area contributed by atoms with Gasteiger partial charge in [0.1, 0.15) is 0 Å². The molecule has 47 heavy (non-hydrogen) atoms. The molecule has 0 aliphatic rings. The average molecular weight is 602 g/mol. The second-order valence-corrected chi connectivity index (χ2v) is 12.4. The molecular formula is C46H35N. The van der Waals surface area contributed by atoms with Crippen LogP contribution in [0.15, 0.2) is 164 Å². The zero-order chi connectivity index (χ0) is 31.9. The number of hydrogen-bond acceptors (Lipinski definition) is 1. The topological polar surface area (TPSA) is 26.0 Å². The summed E-state index contributed by atoms with van der Waals surface area (Å²) in [6.45, 7) is 4.18. The number of nitrogens with two attached hydrogens (primary N) is 1. The highest BCUT2D eigenvalue weighted by Crippen LogP contribution is 2.45. The van der Waals surface area contributed by atoms with Crippen LogP contribution in [0.1, 0.15) is 18.1 Å². The normalized spacial score (nSPS) is 12.2. The molecule has 8 rings (SSSR count). The summed E-state index contributed by atoms with van der Waals surface area (Å²) in [5.74, 6) is 0. The van der Waals surface area contributed by atoms with E-state index in [4.69, 9.17) is 5.73 Å². The molecule has 224 valence electrons. The lowest BCUT2D eigenvalue weighted by molar-refractivity contribution is 1.51. The summed E-state index contributed by atoms with van der Waals surface area (Å²) in [4.78, 5) is 0. The molecular weight excluding hydrogens is 567 g/mol. The van der Waals surface area contributed by atoms with Crippen molar-refractivity contribution in [2.24, 2.45) is 5.73 Å². The zero-order valence-corrected chi connectivity index (χ0v) is 26.7. The smallest absolute Gasteiger partial charge is 0.0387 e. The van der Waals surface area contributed by atoms with Gasteiger partial charge in [-0.05, 0) is 132 Å². The summed E-state index contributed by atoms with van der Waals surface area (Å²) < 4.78 is 0. The molecule has 0 radical (unpaired) electrons. The molecule has 8 aromatic carbocycles. The van der Waals surface area contributed by atoms with Gasteiger partial charge >= 0.3 is 0 Å². The van der Waals surface area contributed by atoms with Gasteiger partial charge in [-0.2, -0.15) is 0 Å². The van der Waals surface area contributed by atoms with Crippen molar-refractivity contribution >= 4 is 38.0 Å². The Kier molecular flexibility index (Phi) is 7.16. The zero-order valence-electron chi connectivity index (χ0n) is 26.7. The molecule has 0 amide bonds. The third kappa shape index (κ3) is 5.16. The molecule has 0 bridgehead atoms. The average Bonchev–Trinajstić information content (AvgIpc) is 3.13. The Morgan fingerprint density at radius 2 is 1.02 bits per heavy atom. The fourth-order valence-electron chi connectivity index (χ4n) is 7.06. The first-order valence-electron chi connectivity index (χ1n) is 16.2. The first-order chi connectivity index (χ1) is 23.1. The molecule has 0 atom stereocenters. The van der Waals surface area contributed by atoms with Crippen LogP contribution in [0.5, 0.6) is 0 Å². The van der Waals surface area contributed by atoms with Crippen molar-refractivity contribution in [1.29, 1.82) is 0 Å². The van der Waals surface area contributed by atoms with Gasteiger partial charge in [-0.15, -0.1) is 0 Å². The van der Waals surface area contributed by atoms with Gasteiger partial charge in [0.15, 0.2) is 0 Å². The maximum Gasteiger partial charge on any atom is 0.0387 e. The van der Waals surface area contributed by atoms with Crippen molar-refractivity contribution < 1.29 is 0 Å². The van der Waals surface area contributed by atoms with E-state index in [2.05, 4.69) is 153 Å². The maximum absolute atomic E-state index is 6.41. The summed E-state index contributed by atoms with van der Waals surface area (Å²) in [5, 5.41) is 7.73. The molecule has 2 N–H and O–H groups in total. The maximum atomic E-state index is 6.41. The Balaban J connectivity index is 1.43. The van der Waals surface area contributed by atoms with Crippen LogP contribution in [0.25, 0.3) is 82.5 Å². The van der Waals surface area contributed by atoms with Crippen molar-refractivity contribution in [2.45, 2.75) is 13.8 Å². The van der Waals surface area contributed by atoms with Gasteiger partial charge in [0.05, 0.1) is 0 Å². The quantitative estimate of drug-likeness (QED) is 0.149. The SMILES string of the molecule is C/C=C\C=C(/N)c1ccc(-c2cc(-c3cc(-c4ccccc4)cc(-c4ccccc4)c3)c3ccc4cc(C)cc5ccc2c3c54)cc1. The fraction of sp³-hybridized carbons (Fsp3) is 0.0435. The summed E-state index contributed by atoms with van der Waals surface area (Å²) >= 11 is 0. The molecule has 0 aromatic heterocycles. The minimum atomic E-state index is 0.757. The number of hydrogen-bond donors (Lipinski definition) is 1. The summed E-state index contributed by atoms with van der Waals surface area (Å²) in [7, 11) is 0. The first-order valence-corrected chi connectivity index (χ1v) is 16.2. The van der Waals surface area contributed by atoms with Crippen LogP contribution in [-0.2, 0) is 0 Å². The lowest BCUT2D eigenvalue weighted by Crippen LogP contribution is -1.96. The monoisotopic (exact) mass is 601 g/mol. The van der Waals surface area contributed by atoms with Crippen LogP contribution in [0, 0.1) is 6.92 Å². The Morgan fingerprint density at radius 3 is 1.57 bits per heavy atom.